The second kappa shape index (κ2) is 8.05. The van der Waals surface area contributed by atoms with E-state index in [9.17, 15) is 9.59 Å². The summed E-state index contributed by atoms with van der Waals surface area (Å²) in [7, 11) is 0. The molecule has 1 N–H and O–H groups in total. The SMILES string of the molecule is C[C@H](NC(=O)OC(C)(C)C)C1=NN(c2ccccc2)C(C)(C(=O)OC(C)(C)C)C1. The fraction of sp³-hybridized carbons (Fsp3) is 0.591. The van der Waals surface area contributed by atoms with Crippen LogP contribution in [0.1, 0.15) is 61.8 Å². The average molecular weight is 404 g/mol. The number of rotatable bonds is 4. The zero-order valence-electron chi connectivity index (χ0n) is 18.7. The van der Waals surface area contributed by atoms with E-state index < -0.39 is 28.9 Å². The fourth-order valence-electron chi connectivity index (χ4n) is 2.97. The van der Waals surface area contributed by atoms with E-state index >= 15 is 0 Å². The van der Waals surface area contributed by atoms with E-state index in [-0.39, 0.29) is 5.97 Å². The van der Waals surface area contributed by atoms with Crippen LogP contribution in [-0.2, 0) is 14.3 Å². The molecule has 160 valence electrons. The Labute approximate surface area is 173 Å². The first kappa shape index (κ1) is 22.7. The Hall–Kier alpha value is -2.57. The number of benzene rings is 1. The van der Waals surface area contributed by atoms with Gasteiger partial charge in [-0.3, -0.25) is 0 Å². The molecule has 0 radical (unpaired) electrons. The van der Waals surface area contributed by atoms with E-state index in [1.807, 2.05) is 65.0 Å². The van der Waals surface area contributed by atoms with E-state index in [4.69, 9.17) is 14.6 Å². The van der Waals surface area contributed by atoms with Crippen LogP contribution >= 0.6 is 0 Å². The first-order chi connectivity index (χ1) is 13.2. The lowest BCUT2D eigenvalue weighted by Crippen LogP contribution is -2.51. The first-order valence-electron chi connectivity index (χ1n) is 9.87. The molecule has 0 aliphatic carbocycles. The third kappa shape index (κ3) is 5.95. The molecule has 7 heteroatoms. The number of carbonyl (C=O) groups is 2. The van der Waals surface area contributed by atoms with Gasteiger partial charge >= 0.3 is 12.1 Å². The maximum Gasteiger partial charge on any atom is 0.408 e. The molecule has 29 heavy (non-hydrogen) atoms. The Bertz CT molecular complexity index is 777. The van der Waals surface area contributed by atoms with E-state index in [0.29, 0.717) is 12.1 Å². The number of para-hydroxylation sites is 1. The zero-order valence-corrected chi connectivity index (χ0v) is 18.7. The summed E-state index contributed by atoms with van der Waals surface area (Å²) in [6, 6.07) is 9.06. The Morgan fingerprint density at radius 2 is 1.62 bits per heavy atom. The molecule has 1 heterocycles. The molecule has 1 amide bonds. The molecule has 0 bridgehead atoms. The van der Waals surface area contributed by atoms with Crippen molar-refractivity contribution in [2.45, 2.75) is 84.6 Å². The minimum atomic E-state index is -1.02. The summed E-state index contributed by atoms with van der Waals surface area (Å²) in [6.45, 7) is 14.6. The van der Waals surface area contributed by atoms with Crippen LogP contribution in [0.25, 0.3) is 0 Å². The van der Waals surface area contributed by atoms with Crippen LogP contribution in [-0.4, -0.2) is 40.6 Å². The first-order valence-corrected chi connectivity index (χ1v) is 9.87. The Morgan fingerprint density at radius 1 is 1.07 bits per heavy atom. The molecule has 1 aliphatic rings. The maximum atomic E-state index is 13.1. The van der Waals surface area contributed by atoms with Gasteiger partial charge in [0.15, 0.2) is 5.54 Å². The number of alkyl carbamates (subject to hydrolysis) is 1. The quantitative estimate of drug-likeness (QED) is 0.760. The van der Waals surface area contributed by atoms with Crippen LogP contribution in [0.4, 0.5) is 10.5 Å². The third-order valence-electron chi connectivity index (χ3n) is 4.29. The van der Waals surface area contributed by atoms with Crippen LogP contribution in [0.15, 0.2) is 35.4 Å². The third-order valence-corrected chi connectivity index (χ3v) is 4.29. The molecule has 0 saturated heterocycles. The summed E-state index contributed by atoms with van der Waals surface area (Å²) in [5.41, 5.74) is -0.782. The van der Waals surface area contributed by atoms with Gasteiger partial charge in [0.1, 0.15) is 11.2 Å². The summed E-state index contributed by atoms with van der Waals surface area (Å²) in [5, 5.41) is 9.18. The molecule has 0 fully saturated rings. The molecule has 1 aliphatic heterocycles. The number of hydrogen-bond acceptors (Lipinski definition) is 6. The van der Waals surface area contributed by atoms with E-state index in [0.717, 1.165) is 5.69 Å². The summed E-state index contributed by atoms with van der Waals surface area (Å²) in [6.07, 6.45) is -0.196. The van der Waals surface area contributed by atoms with Crippen molar-refractivity contribution in [2.75, 3.05) is 5.01 Å². The van der Waals surface area contributed by atoms with Crippen molar-refractivity contribution in [3.8, 4) is 0 Å². The van der Waals surface area contributed by atoms with Crippen molar-refractivity contribution < 1.29 is 19.1 Å². The van der Waals surface area contributed by atoms with Gasteiger partial charge in [0, 0.05) is 6.42 Å². The van der Waals surface area contributed by atoms with Crippen LogP contribution < -0.4 is 10.3 Å². The number of hydrazone groups is 1. The van der Waals surface area contributed by atoms with Crippen molar-refractivity contribution in [1.29, 1.82) is 0 Å². The van der Waals surface area contributed by atoms with Gasteiger partial charge in [0.2, 0.25) is 0 Å². The Kier molecular flexibility index (Phi) is 6.30. The zero-order chi connectivity index (χ0) is 22.0. The molecular weight excluding hydrogens is 370 g/mol. The number of carbonyl (C=O) groups excluding carboxylic acids is 2. The second-order valence-electron chi connectivity index (χ2n) is 9.56. The lowest BCUT2D eigenvalue weighted by Gasteiger charge is -2.34. The normalized spacial score (nSPS) is 20.7. The highest BCUT2D eigenvalue weighted by molar-refractivity contribution is 6.02. The number of amides is 1. The Morgan fingerprint density at radius 3 is 2.14 bits per heavy atom. The summed E-state index contributed by atoms with van der Waals surface area (Å²) in [5.74, 6) is -0.364. The standard InChI is InChI=1S/C22H33N3O4/c1-15(23-19(27)29-21(5,6)7)17-14-22(8,18(26)28-20(2,3)4)25(24-17)16-12-10-9-11-13-16/h9-13,15H,14H2,1-8H3,(H,23,27)/t15-,22?/m0/s1. The molecule has 2 rings (SSSR count). The van der Waals surface area contributed by atoms with Gasteiger partial charge in [0.05, 0.1) is 17.4 Å². The van der Waals surface area contributed by atoms with Crippen LogP contribution in [0, 0.1) is 0 Å². The molecule has 1 unspecified atom stereocenters. The molecule has 2 atom stereocenters. The summed E-state index contributed by atoms with van der Waals surface area (Å²) < 4.78 is 11.0. The van der Waals surface area contributed by atoms with E-state index in [1.165, 1.54) is 0 Å². The van der Waals surface area contributed by atoms with E-state index in [2.05, 4.69) is 5.32 Å². The number of anilines is 1. The highest BCUT2D eigenvalue weighted by Crippen LogP contribution is 2.35. The summed E-state index contributed by atoms with van der Waals surface area (Å²) in [4.78, 5) is 25.3. The molecule has 0 spiro atoms. The van der Waals surface area contributed by atoms with Crippen molar-refractivity contribution in [1.82, 2.24) is 5.32 Å². The van der Waals surface area contributed by atoms with Crippen LogP contribution in [0.2, 0.25) is 0 Å². The molecule has 1 aromatic carbocycles. The predicted octanol–water partition coefficient (Wildman–Crippen LogP) is 4.27. The van der Waals surface area contributed by atoms with E-state index in [1.54, 1.807) is 25.8 Å². The minimum absolute atomic E-state index is 0.327. The number of ether oxygens (including phenoxy) is 2. The van der Waals surface area contributed by atoms with Gasteiger partial charge in [-0.05, 0) is 67.5 Å². The second-order valence-corrected chi connectivity index (χ2v) is 9.56. The molecule has 1 aromatic rings. The lowest BCUT2D eigenvalue weighted by molar-refractivity contribution is -0.160. The van der Waals surface area contributed by atoms with Crippen molar-refractivity contribution in [3.05, 3.63) is 30.3 Å². The highest BCUT2D eigenvalue weighted by atomic mass is 16.6. The molecule has 7 nitrogen and oxygen atoms in total. The van der Waals surface area contributed by atoms with Gasteiger partial charge < -0.3 is 14.8 Å². The fourth-order valence-corrected chi connectivity index (χ4v) is 2.97. The van der Waals surface area contributed by atoms with Gasteiger partial charge in [-0.1, -0.05) is 18.2 Å². The van der Waals surface area contributed by atoms with Crippen molar-refractivity contribution >= 4 is 23.5 Å². The van der Waals surface area contributed by atoms with Crippen molar-refractivity contribution in [3.63, 3.8) is 0 Å². The highest BCUT2D eigenvalue weighted by Gasteiger charge is 2.49. The number of nitrogens with one attached hydrogen (secondary N) is 1. The number of esters is 1. The average Bonchev–Trinajstić information content (AvgIpc) is 2.91. The van der Waals surface area contributed by atoms with Crippen LogP contribution in [0.5, 0.6) is 0 Å². The van der Waals surface area contributed by atoms with Gasteiger partial charge in [-0.15, -0.1) is 0 Å². The predicted molar refractivity (Wildman–Crippen MR) is 114 cm³/mol. The van der Waals surface area contributed by atoms with Crippen molar-refractivity contribution in [2.24, 2.45) is 5.10 Å². The molecular formula is C22H33N3O4. The van der Waals surface area contributed by atoms with Gasteiger partial charge in [-0.2, -0.15) is 5.10 Å². The minimum Gasteiger partial charge on any atom is -0.458 e. The Balaban J connectivity index is 2.29. The largest absolute Gasteiger partial charge is 0.458 e. The number of nitrogens with zero attached hydrogens (tertiary/aromatic N) is 2. The topological polar surface area (TPSA) is 80.2 Å². The molecule has 0 aromatic heterocycles. The molecule has 0 saturated carbocycles. The lowest BCUT2D eigenvalue weighted by atomic mass is 9.92. The maximum absolute atomic E-state index is 13.1. The van der Waals surface area contributed by atoms with Gasteiger partial charge in [-0.25, -0.2) is 14.6 Å². The van der Waals surface area contributed by atoms with Crippen LogP contribution in [0.3, 0.4) is 0 Å². The smallest absolute Gasteiger partial charge is 0.408 e. The number of hydrogen-bond donors (Lipinski definition) is 1. The monoisotopic (exact) mass is 403 g/mol. The van der Waals surface area contributed by atoms with Gasteiger partial charge in [0.25, 0.3) is 0 Å². The summed E-state index contributed by atoms with van der Waals surface area (Å²) >= 11 is 0.